The fourth-order valence-electron chi connectivity index (χ4n) is 1.27. The van der Waals surface area contributed by atoms with E-state index in [1.165, 1.54) is 12.8 Å². The predicted octanol–water partition coefficient (Wildman–Crippen LogP) is 3.30. The van der Waals surface area contributed by atoms with E-state index in [9.17, 15) is 0 Å². The summed E-state index contributed by atoms with van der Waals surface area (Å²) in [4.78, 5) is 0. The molecule has 0 aliphatic carbocycles. The van der Waals surface area contributed by atoms with Crippen LogP contribution in [0.1, 0.15) is 32.1 Å². The zero-order valence-corrected chi connectivity index (χ0v) is 9.37. The van der Waals surface area contributed by atoms with Crippen LogP contribution in [-0.4, -0.2) is 20.5 Å². The van der Waals surface area contributed by atoms with Gasteiger partial charge in [-0.1, -0.05) is 31.2 Å². The number of methoxy groups -OCH3 is 2. The predicted molar refractivity (Wildman–Crippen MR) is 60.2 cm³/mol. The number of hydrogen-bond donors (Lipinski definition) is 0. The average molecular weight is 198 g/mol. The van der Waals surface area contributed by atoms with Crippen LogP contribution in [0.25, 0.3) is 0 Å². The molecule has 0 saturated carbocycles. The van der Waals surface area contributed by atoms with Gasteiger partial charge in [0.25, 0.3) is 0 Å². The number of ether oxygens (including phenoxy) is 2. The van der Waals surface area contributed by atoms with Gasteiger partial charge in [-0.2, -0.15) is 0 Å². The standard InChI is InChI=1S/C12H22O2/c1-4-5-6-7-8-9-10-11-12(13-2)14-3/h4-6,12H,1,7-11H2,2-3H3/b6-5+. The molecule has 0 heterocycles. The molecule has 0 radical (unpaired) electrons. The van der Waals surface area contributed by atoms with Crippen LogP contribution in [0.15, 0.2) is 24.8 Å². The van der Waals surface area contributed by atoms with Crippen molar-refractivity contribution >= 4 is 0 Å². The summed E-state index contributed by atoms with van der Waals surface area (Å²) < 4.78 is 10.2. The van der Waals surface area contributed by atoms with E-state index in [0.29, 0.717) is 0 Å². The van der Waals surface area contributed by atoms with Crippen molar-refractivity contribution in [2.75, 3.05) is 14.2 Å². The molecule has 0 rings (SSSR count). The molecule has 0 amide bonds. The maximum absolute atomic E-state index is 5.10. The zero-order chi connectivity index (χ0) is 10.6. The summed E-state index contributed by atoms with van der Waals surface area (Å²) in [6.07, 6.45) is 11.7. The molecule has 82 valence electrons. The van der Waals surface area contributed by atoms with Crippen LogP contribution in [-0.2, 0) is 9.47 Å². The normalized spacial score (nSPS) is 11.4. The minimum atomic E-state index is -0.0290. The first-order valence-corrected chi connectivity index (χ1v) is 5.18. The van der Waals surface area contributed by atoms with Crippen molar-refractivity contribution in [2.45, 2.75) is 38.4 Å². The Morgan fingerprint density at radius 3 is 2.43 bits per heavy atom. The third-order valence-corrected chi connectivity index (χ3v) is 2.11. The average Bonchev–Trinajstić information content (AvgIpc) is 2.22. The summed E-state index contributed by atoms with van der Waals surface area (Å²) in [7, 11) is 3.36. The number of hydrogen-bond acceptors (Lipinski definition) is 2. The Balaban J connectivity index is 3.20. The fraction of sp³-hybridized carbons (Fsp3) is 0.667. The molecule has 0 spiro atoms. The maximum atomic E-state index is 5.10. The highest BCUT2D eigenvalue weighted by Crippen LogP contribution is 2.08. The molecule has 0 aromatic rings. The van der Waals surface area contributed by atoms with Crippen LogP contribution in [0.3, 0.4) is 0 Å². The lowest BCUT2D eigenvalue weighted by atomic mass is 10.1. The van der Waals surface area contributed by atoms with Crippen molar-refractivity contribution in [3.8, 4) is 0 Å². The SMILES string of the molecule is C=C/C=C/CCCCCC(OC)OC. The van der Waals surface area contributed by atoms with Crippen LogP contribution >= 0.6 is 0 Å². The largest absolute Gasteiger partial charge is 0.356 e. The molecule has 0 saturated heterocycles. The van der Waals surface area contributed by atoms with E-state index in [-0.39, 0.29) is 6.29 Å². The second kappa shape index (κ2) is 10.5. The van der Waals surface area contributed by atoms with Gasteiger partial charge in [-0.15, -0.1) is 0 Å². The lowest BCUT2D eigenvalue weighted by Gasteiger charge is -2.12. The van der Waals surface area contributed by atoms with E-state index in [1.807, 2.05) is 12.2 Å². The van der Waals surface area contributed by atoms with Crippen LogP contribution < -0.4 is 0 Å². The van der Waals surface area contributed by atoms with Crippen molar-refractivity contribution in [2.24, 2.45) is 0 Å². The van der Waals surface area contributed by atoms with Crippen LogP contribution in [0, 0.1) is 0 Å². The summed E-state index contributed by atoms with van der Waals surface area (Å²) in [6.45, 7) is 3.62. The van der Waals surface area contributed by atoms with Crippen LogP contribution in [0.4, 0.5) is 0 Å². The van der Waals surface area contributed by atoms with Crippen molar-refractivity contribution in [1.82, 2.24) is 0 Å². The molecule has 2 nitrogen and oxygen atoms in total. The molecule has 0 unspecified atom stereocenters. The molecule has 0 atom stereocenters. The molecule has 0 aromatic heterocycles. The van der Waals surface area contributed by atoms with E-state index in [1.54, 1.807) is 14.2 Å². The topological polar surface area (TPSA) is 18.5 Å². The van der Waals surface area contributed by atoms with Gasteiger partial charge in [-0.25, -0.2) is 0 Å². The highest BCUT2D eigenvalue weighted by Gasteiger charge is 2.02. The second-order valence-electron chi connectivity index (χ2n) is 3.20. The van der Waals surface area contributed by atoms with Crippen LogP contribution in [0.5, 0.6) is 0 Å². The first-order chi connectivity index (χ1) is 6.85. The summed E-state index contributed by atoms with van der Waals surface area (Å²) in [5.74, 6) is 0. The van der Waals surface area contributed by atoms with Gasteiger partial charge in [0.2, 0.25) is 0 Å². The Kier molecular flexibility index (Phi) is 10.0. The lowest BCUT2D eigenvalue weighted by molar-refractivity contribution is -0.107. The van der Waals surface area contributed by atoms with Crippen molar-refractivity contribution in [3.05, 3.63) is 24.8 Å². The summed E-state index contributed by atoms with van der Waals surface area (Å²) in [6, 6.07) is 0. The van der Waals surface area contributed by atoms with E-state index in [4.69, 9.17) is 9.47 Å². The Morgan fingerprint density at radius 2 is 1.86 bits per heavy atom. The van der Waals surface area contributed by atoms with Gasteiger partial charge in [0.15, 0.2) is 6.29 Å². The quantitative estimate of drug-likeness (QED) is 0.321. The molecular formula is C12H22O2. The van der Waals surface area contributed by atoms with E-state index in [2.05, 4.69) is 12.7 Å². The molecule has 0 fully saturated rings. The van der Waals surface area contributed by atoms with Gasteiger partial charge in [0, 0.05) is 14.2 Å². The van der Waals surface area contributed by atoms with Crippen molar-refractivity contribution < 1.29 is 9.47 Å². The monoisotopic (exact) mass is 198 g/mol. The van der Waals surface area contributed by atoms with E-state index in [0.717, 1.165) is 19.3 Å². The van der Waals surface area contributed by atoms with Gasteiger partial charge in [-0.05, 0) is 25.7 Å². The number of unbranched alkanes of at least 4 members (excludes halogenated alkanes) is 3. The molecular weight excluding hydrogens is 176 g/mol. The molecule has 2 heteroatoms. The maximum Gasteiger partial charge on any atom is 0.156 e. The molecule has 0 aliphatic heterocycles. The summed E-state index contributed by atoms with van der Waals surface area (Å²) >= 11 is 0. The third kappa shape index (κ3) is 8.02. The third-order valence-electron chi connectivity index (χ3n) is 2.11. The Bertz CT molecular complexity index is 148. The highest BCUT2D eigenvalue weighted by molar-refractivity contribution is 4.96. The minimum Gasteiger partial charge on any atom is -0.356 e. The molecule has 0 bridgehead atoms. The molecule has 0 N–H and O–H groups in total. The number of rotatable bonds is 9. The molecule has 14 heavy (non-hydrogen) atoms. The van der Waals surface area contributed by atoms with Gasteiger partial charge in [0.1, 0.15) is 0 Å². The van der Waals surface area contributed by atoms with Crippen molar-refractivity contribution in [1.29, 1.82) is 0 Å². The van der Waals surface area contributed by atoms with E-state index < -0.39 is 0 Å². The lowest BCUT2D eigenvalue weighted by Crippen LogP contribution is -2.12. The second-order valence-corrected chi connectivity index (χ2v) is 3.20. The Labute approximate surface area is 87.6 Å². The zero-order valence-electron chi connectivity index (χ0n) is 9.37. The van der Waals surface area contributed by atoms with Crippen molar-refractivity contribution in [3.63, 3.8) is 0 Å². The van der Waals surface area contributed by atoms with Gasteiger partial charge in [0.05, 0.1) is 0 Å². The summed E-state index contributed by atoms with van der Waals surface area (Å²) in [5, 5.41) is 0. The first-order valence-electron chi connectivity index (χ1n) is 5.18. The molecule has 0 aromatic carbocycles. The number of allylic oxidation sites excluding steroid dienone is 3. The Morgan fingerprint density at radius 1 is 1.14 bits per heavy atom. The Hall–Kier alpha value is -0.600. The minimum absolute atomic E-state index is 0.0290. The van der Waals surface area contributed by atoms with Gasteiger partial charge < -0.3 is 9.47 Å². The summed E-state index contributed by atoms with van der Waals surface area (Å²) in [5.41, 5.74) is 0. The first kappa shape index (κ1) is 13.4. The van der Waals surface area contributed by atoms with E-state index >= 15 is 0 Å². The van der Waals surface area contributed by atoms with Crippen LogP contribution in [0.2, 0.25) is 0 Å². The van der Waals surface area contributed by atoms with Gasteiger partial charge >= 0.3 is 0 Å². The fourth-order valence-corrected chi connectivity index (χ4v) is 1.27. The van der Waals surface area contributed by atoms with Gasteiger partial charge in [-0.3, -0.25) is 0 Å². The highest BCUT2D eigenvalue weighted by atomic mass is 16.7. The smallest absolute Gasteiger partial charge is 0.156 e. The molecule has 0 aliphatic rings.